The maximum Gasteiger partial charge on any atom is 0.324 e. The normalized spacial score (nSPS) is 13.6. The maximum absolute atomic E-state index is 10.2. The third-order valence-electron chi connectivity index (χ3n) is 1.35. The summed E-state index contributed by atoms with van der Waals surface area (Å²) in [5.41, 5.74) is 5.21. The summed E-state index contributed by atoms with van der Waals surface area (Å²) in [5.74, 6) is -0.974. The molecule has 1 unspecified atom stereocenters. The number of carboxylic acids is 1. The van der Waals surface area contributed by atoms with Gasteiger partial charge in [0.1, 0.15) is 6.04 Å². The molecule has 0 spiro atoms. The molecule has 0 aromatic rings. The van der Waals surface area contributed by atoms with Gasteiger partial charge < -0.3 is 10.8 Å². The van der Waals surface area contributed by atoms with Crippen molar-refractivity contribution in [3.05, 3.63) is 12.2 Å². The Bertz CT molecular complexity index is 143. The first kappa shape index (κ1) is 10.2. The van der Waals surface area contributed by atoms with Crippen molar-refractivity contribution in [2.75, 3.05) is 0 Å². The number of nitrogens with two attached hydrogens (primary N) is 1. The van der Waals surface area contributed by atoms with E-state index in [-0.39, 0.29) is 0 Å². The highest BCUT2D eigenvalue weighted by Gasteiger charge is 2.04. The first-order chi connectivity index (χ1) is 5.18. The minimum Gasteiger partial charge on any atom is -0.480 e. The van der Waals surface area contributed by atoms with Crippen molar-refractivity contribution in [1.82, 2.24) is 0 Å². The van der Waals surface area contributed by atoms with Gasteiger partial charge in [0, 0.05) is 0 Å². The SMILES string of the molecule is CCCCC=CC(N)C(=O)O. The average molecular weight is 157 g/mol. The number of hydrogen-bond donors (Lipinski definition) is 2. The highest BCUT2D eigenvalue weighted by Crippen LogP contribution is 1.95. The van der Waals surface area contributed by atoms with Crippen molar-refractivity contribution < 1.29 is 9.90 Å². The van der Waals surface area contributed by atoms with E-state index in [0.717, 1.165) is 19.3 Å². The van der Waals surface area contributed by atoms with Gasteiger partial charge in [-0.15, -0.1) is 0 Å². The van der Waals surface area contributed by atoms with Gasteiger partial charge in [-0.2, -0.15) is 0 Å². The maximum atomic E-state index is 10.2. The van der Waals surface area contributed by atoms with Gasteiger partial charge in [-0.1, -0.05) is 31.9 Å². The molecule has 0 fully saturated rings. The number of unbranched alkanes of at least 4 members (excludes halogenated alkanes) is 2. The van der Waals surface area contributed by atoms with E-state index in [0.29, 0.717) is 0 Å². The first-order valence-corrected chi connectivity index (χ1v) is 3.83. The largest absolute Gasteiger partial charge is 0.480 e. The van der Waals surface area contributed by atoms with Crippen LogP contribution in [0.3, 0.4) is 0 Å². The number of carbonyl (C=O) groups is 1. The Labute approximate surface area is 66.9 Å². The first-order valence-electron chi connectivity index (χ1n) is 3.83. The second kappa shape index (κ2) is 5.92. The van der Waals surface area contributed by atoms with Gasteiger partial charge in [0.05, 0.1) is 0 Å². The molecule has 0 amide bonds. The molecule has 0 saturated heterocycles. The minimum atomic E-state index is -0.974. The van der Waals surface area contributed by atoms with E-state index in [2.05, 4.69) is 6.92 Å². The number of carboxylic acid groups (broad SMARTS) is 1. The minimum absolute atomic E-state index is 0.841. The number of allylic oxidation sites excluding steroid dienone is 1. The van der Waals surface area contributed by atoms with Gasteiger partial charge in [0.2, 0.25) is 0 Å². The van der Waals surface area contributed by atoms with Crippen LogP contribution in [0.2, 0.25) is 0 Å². The number of hydrogen-bond acceptors (Lipinski definition) is 2. The molecule has 64 valence electrons. The van der Waals surface area contributed by atoms with Crippen LogP contribution in [0.1, 0.15) is 26.2 Å². The van der Waals surface area contributed by atoms with Gasteiger partial charge in [0.25, 0.3) is 0 Å². The van der Waals surface area contributed by atoms with Crippen molar-refractivity contribution in [3.63, 3.8) is 0 Å². The van der Waals surface area contributed by atoms with Crippen LogP contribution in [0.5, 0.6) is 0 Å². The molecule has 0 aliphatic heterocycles. The van der Waals surface area contributed by atoms with Gasteiger partial charge in [-0.25, -0.2) is 0 Å². The molecule has 0 aliphatic carbocycles. The Hall–Kier alpha value is -0.830. The molecule has 3 N–H and O–H groups in total. The van der Waals surface area contributed by atoms with E-state index in [1.54, 1.807) is 0 Å². The summed E-state index contributed by atoms with van der Waals surface area (Å²) in [6.07, 6.45) is 6.47. The fourth-order valence-electron chi connectivity index (χ4n) is 0.647. The number of rotatable bonds is 5. The van der Waals surface area contributed by atoms with Gasteiger partial charge in [0.15, 0.2) is 0 Å². The van der Waals surface area contributed by atoms with Crippen LogP contribution in [-0.4, -0.2) is 17.1 Å². The molecular formula is C8H15NO2. The van der Waals surface area contributed by atoms with Crippen LogP contribution in [0.15, 0.2) is 12.2 Å². The second-order valence-corrected chi connectivity index (χ2v) is 2.43. The van der Waals surface area contributed by atoms with E-state index in [1.807, 2.05) is 6.08 Å². The Balaban J connectivity index is 3.48. The zero-order valence-corrected chi connectivity index (χ0v) is 6.79. The van der Waals surface area contributed by atoms with E-state index in [9.17, 15) is 4.79 Å². The summed E-state index contributed by atoms with van der Waals surface area (Å²) in [6.45, 7) is 2.09. The van der Waals surface area contributed by atoms with Crippen LogP contribution in [0, 0.1) is 0 Å². The lowest BCUT2D eigenvalue weighted by Gasteiger charge is -1.96. The van der Waals surface area contributed by atoms with E-state index >= 15 is 0 Å². The molecule has 0 heterocycles. The quantitative estimate of drug-likeness (QED) is 0.464. The summed E-state index contributed by atoms with van der Waals surface area (Å²) in [4.78, 5) is 10.2. The van der Waals surface area contributed by atoms with Crippen molar-refractivity contribution in [1.29, 1.82) is 0 Å². The lowest BCUT2D eigenvalue weighted by atomic mass is 10.2. The predicted octanol–water partition coefficient (Wildman–Crippen LogP) is 1.14. The smallest absolute Gasteiger partial charge is 0.324 e. The van der Waals surface area contributed by atoms with E-state index in [1.165, 1.54) is 6.08 Å². The Morgan fingerprint density at radius 1 is 1.73 bits per heavy atom. The van der Waals surface area contributed by atoms with Crippen LogP contribution in [0.4, 0.5) is 0 Å². The van der Waals surface area contributed by atoms with Crippen molar-refractivity contribution in [3.8, 4) is 0 Å². The highest BCUT2D eigenvalue weighted by atomic mass is 16.4. The Morgan fingerprint density at radius 3 is 2.82 bits per heavy atom. The monoisotopic (exact) mass is 157 g/mol. The number of aliphatic carboxylic acids is 1. The zero-order valence-electron chi connectivity index (χ0n) is 6.79. The molecule has 0 aliphatic rings. The van der Waals surface area contributed by atoms with E-state index in [4.69, 9.17) is 10.8 Å². The lowest BCUT2D eigenvalue weighted by Crippen LogP contribution is -2.27. The molecule has 0 aromatic heterocycles. The lowest BCUT2D eigenvalue weighted by molar-refractivity contribution is -0.137. The van der Waals surface area contributed by atoms with Crippen molar-refractivity contribution in [2.45, 2.75) is 32.2 Å². The fourth-order valence-corrected chi connectivity index (χ4v) is 0.647. The summed E-state index contributed by atoms with van der Waals surface area (Å²) < 4.78 is 0. The summed E-state index contributed by atoms with van der Waals surface area (Å²) >= 11 is 0. The molecule has 1 atom stereocenters. The topological polar surface area (TPSA) is 63.3 Å². The molecular weight excluding hydrogens is 142 g/mol. The molecule has 3 nitrogen and oxygen atoms in total. The molecule has 0 radical (unpaired) electrons. The van der Waals surface area contributed by atoms with Crippen molar-refractivity contribution >= 4 is 5.97 Å². The molecule has 0 rings (SSSR count). The molecule has 11 heavy (non-hydrogen) atoms. The fraction of sp³-hybridized carbons (Fsp3) is 0.625. The third-order valence-corrected chi connectivity index (χ3v) is 1.35. The summed E-state index contributed by atoms with van der Waals surface area (Å²) in [7, 11) is 0. The van der Waals surface area contributed by atoms with Crippen LogP contribution < -0.4 is 5.73 Å². The summed E-state index contributed by atoms with van der Waals surface area (Å²) in [6, 6.07) is -0.841. The standard InChI is InChI=1S/C8H15NO2/c1-2-3-4-5-6-7(9)8(10)11/h5-7H,2-4,9H2,1H3,(H,10,11). The Morgan fingerprint density at radius 2 is 2.36 bits per heavy atom. The zero-order chi connectivity index (χ0) is 8.69. The average Bonchev–Trinajstić information content (AvgIpc) is 1.97. The van der Waals surface area contributed by atoms with Crippen LogP contribution in [-0.2, 0) is 4.79 Å². The summed E-state index contributed by atoms with van der Waals surface area (Å²) in [5, 5.41) is 8.36. The van der Waals surface area contributed by atoms with Crippen molar-refractivity contribution in [2.24, 2.45) is 5.73 Å². The van der Waals surface area contributed by atoms with Gasteiger partial charge >= 0.3 is 5.97 Å². The third kappa shape index (κ3) is 5.61. The van der Waals surface area contributed by atoms with Crippen LogP contribution in [0.25, 0.3) is 0 Å². The van der Waals surface area contributed by atoms with Gasteiger partial charge in [-0.3, -0.25) is 4.79 Å². The molecule has 0 aromatic carbocycles. The molecule has 0 bridgehead atoms. The second-order valence-electron chi connectivity index (χ2n) is 2.43. The van der Waals surface area contributed by atoms with Gasteiger partial charge in [-0.05, 0) is 6.42 Å². The van der Waals surface area contributed by atoms with E-state index < -0.39 is 12.0 Å². The van der Waals surface area contributed by atoms with Crippen LogP contribution >= 0.6 is 0 Å². The highest BCUT2D eigenvalue weighted by molar-refractivity contribution is 5.75. The predicted molar refractivity (Wildman–Crippen MR) is 44.3 cm³/mol. The molecule has 0 saturated carbocycles. The molecule has 3 heteroatoms. The Kier molecular flexibility index (Phi) is 5.47.